The van der Waals surface area contributed by atoms with Gasteiger partial charge in [0.2, 0.25) is 0 Å². The second-order valence-electron chi connectivity index (χ2n) is 7.04. The maximum absolute atomic E-state index is 12.4. The molecule has 3 heterocycles. The number of carbonyl (C=O) groups is 1. The van der Waals surface area contributed by atoms with Crippen LogP contribution in [-0.2, 0) is 6.54 Å². The lowest BCUT2D eigenvalue weighted by atomic mass is 10.1. The van der Waals surface area contributed by atoms with Crippen LogP contribution in [0.2, 0.25) is 0 Å². The number of likely N-dealkylation sites (tertiary alicyclic amines) is 1. The van der Waals surface area contributed by atoms with Gasteiger partial charge in [-0.1, -0.05) is 6.07 Å². The fraction of sp³-hybridized carbons (Fsp3) is 0.333. The molecule has 2 aromatic heterocycles. The molecule has 3 aromatic rings. The van der Waals surface area contributed by atoms with E-state index in [1.165, 1.54) is 27.7 Å². The maximum atomic E-state index is 12.4. The van der Waals surface area contributed by atoms with Crippen LogP contribution in [0.15, 0.2) is 36.5 Å². The predicted molar refractivity (Wildman–Crippen MR) is 104 cm³/mol. The van der Waals surface area contributed by atoms with Crippen molar-refractivity contribution < 1.29 is 4.79 Å². The van der Waals surface area contributed by atoms with Crippen molar-refractivity contribution in [3.63, 3.8) is 0 Å². The van der Waals surface area contributed by atoms with E-state index in [2.05, 4.69) is 47.3 Å². The smallest absolute Gasteiger partial charge is 0.255 e. The molecule has 0 atom stereocenters. The summed E-state index contributed by atoms with van der Waals surface area (Å²) in [6.07, 6.45) is 3.87. The summed E-state index contributed by atoms with van der Waals surface area (Å²) >= 11 is 0. The van der Waals surface area contributed by atoms with Crippen molar-refractivity contribution >= 4 is 22.6 Å². The van der Waals surface area contributed by atoms with Crippen molar-refractivity contribution in [1.29, 1.82) is 0 Å². The monoisotopic (exact) mass is 348 g/mol. The number of hydrogen-bond donors (Lipinski definition) is 2. The van der Waals surface area contributed by atoms with Gasteiger partial charge < -0.3 is 15.2 Å². The molecule has 1 aromatic carbocycles. The summed E-state index contributed by atoms with van der Waals surface area (Å²) < 4.78 is 0. The first-order chi connectivity index (χ1) is 12.6. The Kier molecular flexibility index (Phi) is 4.37. The Labute approximate surface area is 153 Å². The Balaban J connectivity index is 1.43. The van der Waals surface area contributed by atoms with Gasteiger partial charge in [-0.3, -0.25) is 4.79 Å². The number of aromatic nitrogens is 2. The van der Waals surface area contributed by atoms with Crippen LogP contribution in [0, 0.1) is 13.8 Å². The number of rotatable bonds is 4. The summed E-state index contributed by atoms with van der Waals surface area (Å²) in [5.74, 6) is 0.871. The van der Waals surface area contributed by atoms with E-state index < -0.39 is 0 Å². The molecule has 26 heavy (non-hydrogen) atoms. The number of H-pyrrole nitrogens is 1. The molecule has 2 N–H and O–H groups in total. The molecule has 0 radical (unpaired) electrons. The molecule has 1 saturated heterocycles. The van der Waals surface area contributed by atoms with Crippen LogP contribution in [0.3, 0.4) is 0 Å². The molecular formula is C21H24N4O. The third kappa shape index (κ3) is 3.17. The fourth-order valence-corrected chi connectivity index (χ4v) is 3.54. The Bertz CT molecular complexity index is 937. The third-order valence-electron chi connectivity index (χ3n) is 5.25. The van der Waals surface area contributed by atoms with Gasteiger partial charge in [-0.2, -0.15) is 0 Å². The van der Waals surface area contributed by atoms with E-state index in [-0.39, 0.29) is 5.91 Å². The lowest BCUT2D eigenvalue weighted by Gasteiger charge is -2.15. The number of nitrogens with zero attached hydrogens (tertiary/aromatic N) is 2. The summed E-state index contributed by atoms with van der Waals surface area (Å²) in [6, 6.07) is 10.2. The summed E-state index contributed by atoms with van der Waals surface area (Å²) in [4.78, 5) is 22.1. The Hall–Kier alpha value is -2.82. The van der Waals surface area contributed by atoms with Crippen LogP contribution in [-0.4, -0.2) is 33.9 Å². The molecule has 1 fully saturated rings. The van der Waals surface area contributed by atoms with Gasteiger partial charge in [0.1, 0.15) is 5.82 Å². The molecule has 134 valence electrons. The average molecular weight is 348 g/mol. The van der Waals surface area contributed by atoms with Crippen LogP contribution < -0.4 is 5.32 Å². The molecule has 1 aliphatic heterocycles. The zero-order chi connectivity index (χ0) is 18.1. The highest BCUT2D eigenvalue weighted by molar-refractivity contribution is 5.94. The minimum atomic E-state index is 0.0882. The van der Waals surface area contributed by atoms with E-state index in [1.807, 2.05) is 17.0 Å². The Morgan fingerprint density at radius 2 is 2.00 bits per heavy atom. The van der Waals surface area contributed by atoms with Crippen molar-refractivity contribution in [1.82, 2.24) is 14.9 Å². The number of pyridine rings is 1. The first kappa shape index (κ1) is 16.6. The molecule has 1 amide bonds. The minimum absolute atomic E-state index is 0.0882. The number of nitrogens with one attached hydrogen (secondary N) is 2. The summed E-state index contributed by atoms with van der Waals surface area (Å²) in [5.41, 5.74) is 5.55. The second kappa shape index (κ2) is 6.83. The molecule has 1 aliphatic rings. The standard InChI is InChI=1S/C21H24N4O/c1-14-15(2)24-19-7-5-16(11-18(14)19)12-22-20-8-6-17(13-23-20)21(26)25-9-3-4-10-25/h5-8,11,13,24H,3-4,9-10,12H2,1-2H3,(H,22,23). The highest BCUT2D eigenvalue weighted by Crippen LogP contribution is 2.23. The van der Waals surface area contributed by atoms with Crippen molar-refractivity contribution in [3.05, 3.63) is 58.9 Å². The number of carbonyl (C=O) groups excluding carboxylic acids is 1. The van der Waals surface area contributed by atoms with E-state index in [0.717, 1.165) is 31.7 Å². The first-order valence-electron chi connectivity index (χ1n) is 9.19. The summed E-state index contributed by atoms with van der Waals surface area (Å²) in [6.45, 7) is 6.66. The lowest BCUT2D eigenvalue weighted by molar-refractivity contribution is 0.0792. The van der Waals surface area contributed by atoms with Gasteiger partial charge in [0.15, 0.2) is 0 Å². The topological polar surface area (TPSA) is 61.0 Å². The second-order valence-corrected chi connectivity index (χ2v) is 7.04. The van der Waals surface area contributed by atoms with Gasteiger partial charge in [0.25, 0.3) is 5.91 Å². The summed E-state index contributed by atoms with van der Waals surface area (Å²) in [5, 5.41) is 4.61. The first-order valence-corrected chi connectivity index (χ1v) is 9.19. The maximum Gasteiger partial charge on any atom is 0.255 e. The van der Waals surface area contributed by atoms with E-state index in [9.17, 15) is 4.79 Å². The van der Waals surface area contributed by atoms with Crippen LogP contribution in [0.25, 0.3) is 10.9 Å². The van der Waals surface area contributed by atoms with E-state index in [0.29, 0.717) is 12.1 Å². The van der Waals surface area contributed by atoms with Gasteiger partial charge in [0.05, 0.1) is 5.56 Å². The van der Waals surface area contributed by atoms with E-state index in [1.54, 1.807) is 6.20 Å². The molecular weight excluding hydrogens is 324 g/mol. The molecule has 4 rings (SSSR count). The van der Waals surface area contributed by atoms with Crippen LogP contribution in [0.5, 0.6) is 0 Å². The molecule has 0 aliphatic carbocycles. The SMILES string of the molecule is Cc1[nH]c2ccc(CNc3ccc(C(=O)N4CCCC4)cn3)cc2c1C. The molecule has 0 bridgehead atoms. The quantitative estimate of drug-likeness (QED) is 0.748. The molecule has 0 spiro atoms. The number of aromatic amines is 1. The van der Waals surface area contributed by atoms with Crippen LogP contribution in [0.1, 0.15) is 40.0 Å². The van der Waals surface area contributed by atoms with Gasteiger partial charge in [0, 0.05) is 42.4 Å². The number of anilines is 1. The number of aryl methyl sites for hydroxylation is 2. The zero-order valence-electron chi connectivity index (χ0n) is 15.3. The number of hydrogen-bond acceptors (Lipinski definition) is 3. The number of amides is 1. The minimum Gasteiger partial charge on any atom is -0.366 e. The highest BCUT2D eigenvalue weighted by Gasteiger charge is 2.19. The van der Waals surface area contributed by atoms with Crippen molar-refractivity contribution in [2.45, 2.75) is 33.2 Å². The lowest BCUT2D eigenvalue weighted by Crippen LogP contribution is -2.27. The molecule has 0 unspecified atom stereocenters. The van der Waals surface area contributed by atoms with Crippen molar-refractivity contribution in [2.24, 2.45) is 0 Å². The number of benzene rings is 1. The summed E-state index contributed by atoms with van der Waals surface area (Å²) in [7, 11) is 0. The van der Waals surface area contributed by atoms with Gasteiger partial charge >= 0.3 is 0 Å². The van der Waals surface area contributed by atoms with Crippen LogP contribution >= 0.6 is 0 Å². The molecule has 5 heteroatoms. The van der Waals surface area contributed by atoms with Gasteiger partial charge in [-0.05, 0) is 62.1 Å². The Morgan fingerprint density at radius 1 is 1.19 bits per heavy atom. The van der Waals surface area contributed by atoms with Crippen LogP contribution in [0.4, 0.5) is 5.82 Å². The zero-order valence-corrected chi connectivity index (χ0v) is 15.3. The van der Waals surface area contributed by atoms with Gasteiger partial charge in [-0.25, -0.2) is 4.98 Å². The molecule has 5 nitrogen and oxygen atoms in total. The largest absolute Gasteiger partial charge is 0.366 e. The predicted octanol–water partition coefficient (Wildman–Crippen LogP) is 4.03. The van der Waals surface area contributed by atoms with E-state index in [4.69, 9.17) is 0 Å². The van der Waals surface area contributed by atoms with Crippen molar-refractivity contribution in [3.8, 4) is 0 Å². The van der Waals surface area contributed by atoms with Crippen molar-refractivity contribution in [2.75, 3.05) is 18.4 Å². The molecule has 0 saturated carbocycles. The third-order valence-corrected chi connectivity index (χ3v) is 5.25. The van der Waals surface area contributed by atoms with Gasteiger partial charge in [-0.15, -0.1) is 0 Å². The normalized spacial score (nSPS) is 14.2. The highest BCUT2D eigenvalue weighted by atomic mass is 16.2. The Morgan fingerprint density at radius 3 is 2.73 bits per heavy atom. The number of fused-ring (bicyclic) bond motifs is 1. The average Bonchev–Trinajstić information content (AvgIpc) is 3.29. The fourth-order valence-electron chi connectivity index (χ4n) is 3.54. The van der Waals surface area contributed by atoms with E-state index >= 15 is 0 Å².